The standard InChI is InChI=1S/C43H47N3O11S2/c1-5-44(6-2)31-18-20-34-33(29(3)42(56-37(34)27-31)30-13-8-7-9-14-30)15-10-16-38-43(4,24-11-17-41(49)57-46-39(47)22-23-40(46)48)35-28-32(59(53,54)55)19-21-36(35)45(38)25-12-26-58(50,51)52/h7-10,13-16,18-21,27-28H,5-6,11-12,17,22-26H2,1-4H3,(H-,50,51,52,53,54,55)/p+1. The molecule has 0 spiro atoms. The van der Waals surface area contributed by atoms with Crippen molar-refractivity contribution < 1.29 is 54.5 Å². The van der Waals surface area contributed by atoms with Crippen molar-refractivity contribution in [3.8, 4) is 5.75 Å². The lowest BCUT2D eigenvalue weighted by atomic mass is 9.75. The van der Waals surface area contributed by atoms with Crippen LogP contribution in [0.5, 0.6) is 5.75 Å². The van der Waals surface area contributed by atoms with Gasteiger partial charge in [-0.1, -0.05) is 42.5 Å². The first kappa shape index (κ1) is 43.2. The summed E-state index contributed by atoms with van der Waals surface area (Å²) in [4.78, 5) is 44.0. The van der Waals surface area contributed by atoms with E-state index in [1.807, 2.05) is 79.1 Å². The molecule has 1 atom stereocenters. The Labute approximate surface area is 344 Å². The van der Waals surface area contributed by atoms with Crippen LogP contribution < -0.4 is 9.64 Å². The number of allylic oxidation sites excluding steroid dienone is 5. The molecule has 3 aromatic rings. The lowest BCUT2D eigenvalue weighted by molar-refractivity contribution is -0.437. The van der Waals surface area contributed by atoms with Crippen molar-refractivity contribution >= 4 is 66.4 Å². The van der Waals surface area contributed by atoms with Gasteiger partial charge in [0.15, 0.2) is 5.71 Å². The molecule has 0 saturated carbocycles. The van der Waals surface area contributed by atoms with Gasteiger partial charge in [0.2, 0.25) is 5.69 Å². The highest BCUT2D eigenvalue weighted by atomic mass is 32.2. The van der Waals surface area contributed by atoms with Crippen molar-refractivity contribution in [2.45, 2.75) is 76.5 Å². The second kappa shape index (κ2) is 17.4. The van der Waals surface area contributed by atoms with Gasteiger partial charge in [0, 0.05) is 84.9 Å². The van der Waals surface area contributed by atoms with Crippen LogP contribution in [0.2, 0.25) is 0 Å². The van der Waals surface area contributed by atoms with Crippen molar-refractivity contribution in [1.29, 1.82) is 0 Å². The fraction of sp³-hybridized carbons (Fsp3) is 0.349. The summed E-state index contributed by atoms with van der Waals surface area (Å²) in [6.07, 6.45) is 5.76. The molecule has 59 heavy (non-hydrogen) atoms. The van der Waals surface area contributed by atoms with Crippen LogP contribution in [-0.2, 0) is 44.9 Å². The molecule has 0 aliphatic carbocycles. The smallest absolute Gasteiger partial charge is 0.333 e. The zero-order valence-corrected chi connectivity index (χ0v) is 35.0. The number of hydrogen-bond acceptors (Lipinski definition) is 10. The maximum absolute atomic E-state index is 12.9. The van der Waals surface area contributed by atoms with Crippen molar-refractivity contribution in [2.24, 2.45) is 0 Å². The Kier molecular flexibility index (Phi) is 12.8. The van der Waals surface area contributed by atoms with Gasteiger partial charge in [-0.2, -0.15) is 21.4 Å². The number of hydroxylamine groups is 2. The van der Waals surface area contributed by atoms with Crippen LogP contribution in [0.15, 0.2) is 95.4 Å². The van der Waals surface area contributed by atoms with Crippen LogP contribution in [0.3, 0.4) is 0 Å². The third-order valence-electron chi connectivity index (χ3n) is 10.9. The molecule has 3 aliphatic rings. The molecule has 1 saturated heterocycles. The number of anilines is 1. The molecule has 0 bridgehead atoms. The Morgan fingerprint density at radius 1 is 0.966 bits per heavy atom. The van der Waals surface area contributed by atoms with Gasteiger partial charge in [-0.15, -0.1) is 5.06 Å². The van der Waals surface area contributed by atoms with Crippen LogP contribution in [0.1, 0.15) is 82.9 Å². The van der Waals surface area contributed by atoms with Gasteiger partial charge in [-0.3, -0.25) is 18.7 Å². The molecule has 2 amide bonds. The number of nitrogens with zero attached hydrogens (tertiary/aromatic N) is 3. The van der Waals surface area contributed by atoms with E-state index in [-0.39, 0.29) is 50.0 Å². The van der Waals surface area contributed by atoms with E-state index in [1.165, 1.54) is 18.2 Å². The van der Waals surface area contributed by atoms with E-state index in [1.54, 1.807) is 0 Å². The highest BCUT2D eigenvalue weighted by Gasteiger charge is 2.48. The van der Waals surface area contributed by atoms with Crippen molar-refractivity contribution in [3.63, 3.8) is 0 Å². The minimum atomic E-state index is -4.64. The summed E-state index contributed by atoms with van der Waals surface area (Å²) in [6.45, 7) is 9.74. The van der Waals surface area contributed by atoms with E-state index in [2.05, 4.69) is 24.8 Å². The number of fused-ring (bicyclic) bond motifs is 2. The molecular formula is C43H48N3O11S2+. The molecule has 16 heteroatoms. The molecule has 0 radical (unpaired) electrons. The van der Waals surface area contributed by atoms with Crippen LogP contribution in [0.25, 0.3) is 11.3 Å². The lowest BCUT2D eigenvalue weighted by Crippen LogP contribution is -2.33. The van der Waals surface area contributed by atoms with Crippen molar-refractivity contribution in [2.75, 3.05) is 30.3 Å². The molecule has 312 valence electrons. The topological polar surface area (TPSA) is 188 Å². The molecule has 2 N–H and O–H groups in total. The molecule has 14 nitrogen and oxygen atoms in total. The summed E-state index contributed by atoms with van der Waals surface area (Å²) in [5.41, 5.74) is 5.15. The SMILES string of the molecule is CCN(CC)c1ccc2c(c1)OC(c1ccccc1)=C(C)/C2=C\C=C\C1=[N+](CCCS(=O)(=O)O)c2ccc(S(=O)(=O)O)cc2C1(C)CCCC(=O)ON1C(=O)CCC1=O. The van der Waals surface area contributed by atoms with Crippen LogP contribution in [-0.4, -0.2) is 84.5 Å². The van der Waals surface area contributed by atoms with Gasteiger partial charge in [0.25, 0.3) is 32.1 Å². The maximum atomic E-state index is 12.9. The Hall–Kier alpha value is -5.42. The van der Waals surface area contributed by atoms with E-state index in [0.717, 1.165) is 41.1 Å². The summed E-state index contributed by atoms with van der Waals surface area (Å²) in [5, 5.41) is 0.483. The van der Waals surface area contributed by atoms with Crippen LogP contribution in [0.4, 0.5) is 11.4 Å². The number of rotatable bonds is 16. The van der Waals surface area contributed by atoms with Crippen LogP contribution in [0, 0.1) is 0 Å². The van der Waals surface area contributed by atoms with Gasteiger partial charge >= 0.3 is 5.97 Å². The summed E-state index contributed by atoms with van der Waals surface area (Å²) in [6, 6.07) is 20.0. The van der Waals surface area contributed by atoms with Crippen molar-refractivity contribution in [3.05, 3.63) is 107 Å². The Bertz CT molecular complexity index is 2510. The Balaban J connectivity index is 1.44. The number of ether oxygens (including phenoxy) is 1. The van der Waals surface area contributed by atoms with E-state index in [4.69, 9.17) is 9.57 Å². The predicted octanol–water partition coefficient (Wildman–Crippen LogP) is 6.65. The zero-order valence-electron chi connectivity index (χ0n) is 33.4. The number of carbonyl (C=O) groups is 3. The Morgan fingerprint density at radius 3 is 2.31 bits per heavy atom. The first-order chi connectivity index (χ1) is 27.9. The summed E-state index contributed by atoms with van der Waals surface area (Å²) in [7, 11) is -8.95. The highest BCUT2D eigenvalue weighted by molar-refractivity contribution is 7.86. The minimum absolute atomic E-state index is 0.0128. The number of imide groups is 1. The summed E-state index contributed by atoms with van der Waals surface area (Å²) < 4.78 is 76.4. The molecule has 3 heterocycles. The fourth-order valence-electron chi connectivity index (χ4n) is 7.92. The minimum Gasteiger partial charge on any atom is -0.456 e. The number of carbonyl (C=O) groups excluding carboxylic acids is 3. The lowest BCUT2D eigenvalue weighted by Gasteiger charge is -2.27. The third-order valence-corrected chi connectivity index (χ3v) is 12.6. The van der Waals surface area contributed by atoms with Crippen LogP contribution >= 0.6 is 0 Å². The molecule has 6 rings (SSSR count). The average molecular weight is 847 g/mol. The van der Waals surface area contributed by atoms with Crippen molar-refractivity contribution in [1.82, 2.24) is 5.06 Å². The fourth-order valence-corrected chi connectivity index (χ4v) is 8.92. The molecule has 0 aromatic heterocycles. The molecule has 3 aliphatic heterocycles. The van der Waals surface area contributed by atoms with Gasteiger partial charge in [-0.05, 0) is 70.4 Å². The first-order valence-electron chi connectivity index (χ1n) is 19.5. The highest BCUT2D eigenvalue weighted by Crippen LogP contribution is 2.46. The number of hydrogen-bond donors (Lipinski definition) is 2. The molecule has 1 unspecified atom stereocenters. The monoisotopic (exact) mass is 846 g/mol. The molecule has 1 fully saturated rings. The summed E-state index contributed by atoms with van der Waals surface area (Å²) in [5.74, 6) is -1.17. The zero-order chi connectivity index (χ0) is 42.7. The van der Waals surface area contributed by atoms with Gasteiger partial charge < -0.3 is 14.5 Å². The third kappa shape index (κ3) is 9.41. The number of benzene rings is 3. The van der Waals surface area contributed by atoms with E-state index < -0.39 is 49.2 Å². The van der Waals surface area contributed by atoms with E-state index >= 15 is 0 Å². The average Bonchev–Trinajstić information content (AvgIpc) is 3.62. The number of amides is 2. The van der Waals surface area contributed by atoms with E-state index in [0.29, 0.717) is 33.5 Å². The first-order valence-corrected chi connectivity index (χ1v) is 22.5. The van der Waals surface area contributed by atoms with Gasteiger partial charge in [0.05, 0.1) is 16.1 Å². The summed E-state index contributed by atoms with van der Waals surface area (Å²) >= 11 is 0. The predicted molar refractivity (Wildman–Crippen MR) is 222 cm³/mol. The molecule has 3 aromatic carbocycles. The molecular weight excluding hydrogens is 799 g/mol. The quantitative estimate of drug-likeness (QED) is 0.0889. The van der Waals surface area contributed by atoms with E-state index in [9.17, 15) is 40.3 Å². The second-order valence-corrected chi connectivity index (χ2v) is 17.8. The normalized spacial score (nSPS) is 18.8. The second-order valence-electron chi connectivity index (χ2n) is 14.8. The van der Waals surface area contributed by atoms with Gasteiger partial charge in [0.1, 0.15) is 18.1 Å². The Morgan fingerprint density at radius 2 is 1.66 bits per heavy atom. The maximum Gasteiger partial charge on any atom is 0.333 e. The van der Waals surface area contributed by atoms with Gasteiger partial charge in [-0.25, -0.2) is 4.79 Å². The largest absolute Gasteiger partial charge is 0.456 e.